The van der Waals surface area contributed by atoms with Gasteiger partial charge >= 0.3 is 0 Å². The van der Waals surface area contributed by atoms with Crippen LogP contribution in [0.5, 0.6) is 5.75 Å². The van der Waals surface area contributed by atoms with E-state index in [1.165, 1.54) is 17.8 Å². The van der Waals surface area contributed by atoms with E-state index in [4.69, 9.17) is 4.74 Å². The topological polar surface area (TPSA) is 69.0 Å². The quantitative estimate of drug-likeness (QED) is 0.325. The van der Waals surface area contributed by atoms with Gasteiger partial charge in [-0.3, -0.25) is 4.79 Å². The predicted octanol–water partition coefficient (Wildman–Crippen LogP) is 6.32. The molecule has 2 aromatic carbocycles. The van der Waals surface area contributed by atoms with Crippen LogP contribution in [0.2, 0.25) is 0 Å². The lowest BCUT2D eigenvalue weighted by Crippen LogP contribution is -2.17. The summed E-state index contributed by atoms with van der Waals surface area (Å²) in [5.74, 6) is 0.715. The van der Waals surface area contributed by atoms with Crippen LogP contribution in [-0.4, -0.2) is 26.4 Å². The van der Waals surface area contributed by atoms with Crippen molar-refractivity contribution >= 4 is 39.3 Å². The first-order chi connectivity index (χ1) is 15.7. The van der Waals surface area contributed by atoms with Gasteiger partial charge < -0.3 is 14.6 Å². The van der Waals surface area contributed by atoms with Gasteiger partial charge in [-0.15, -0.1) is 10.2 Å². The number of nitrogens with one attached hydrogen (secondary N) is 1. The van der Waals surface area contributed by atoms with Crippen LogP contribution < -0.4 is 10.1 Å². The first-order valence-electron chi connectivity index (χ1n) is 10.7. The van der Waals surface area contributed by atoms with Gasteiger partial charge in [-0.25, -0.2) is 4.39 Å². The fourth-order valence-corrected chi connectivity index (χ4v) is 4.45. The molecule has 1 heterocycles. The van der Waals surface area contributed by atoms with Gasteiger partial charge in [0.1, 0.15) is 0 Å². The number of carbonyl (C=O) groups is 1. The number of halogens is 2. The van der Waals surface area contributed by atoms with Crippen molar-refractivity contribution in [3.05, 3.63) is 63.6 Å². The van der Waals surface area contributed by atoms with E-state index in [-0.39, 0.29) is 17.4 Å². The average molecular weight is 535 g/mol. The zero-order valence-corrected chi connectivity index (χ0v) is 21.8. The second-order valence-corrected chi connectivity index (χ2v) is 10.0. The molecule has 0 aliphatic carbocycles. The van der Waals surface area contributed by atoms with Crippen molar-refractivity contribution in [1.29, 1.82) is 0 Å². The van der Waals surface area contributed by atoms with Crippen molar-refractivity contribution in [2.24, 2.45) is 5.92 Å². The highest BCUT2D eigenvalue weighted by Gasteiger charge is 2.22. The maximum atomic E-state index is 14.0. The molecule has 0 fully saturated rings. The summed E-state index contributed by atoms with van der Waals surface area (Å²) >= 11 is 4.82. The Labute approximate surface area is 206 Å². The normalized spacial score (nSPS) is 12.1. The third-order valence-electron chi connectivity index (χ3n) is 5.12. The summed E-state index contributed by atoms with van der Waals surface area (Å²) < 4.78 is 22.8. The van der Waals surface area contributed by atoms with Crippen molar-refractivity contribution in [2.75, 3.05) is 11.1 Å². The summed E-state index contributed by atoms with van der Waals surface area (Å²) in [7, 11) is 0. The van der Waals surface area contributed by atoms with Crippen LogP contribution in [0.4, 0.5) is 10.1 Å². The molecule has 0 bridgehead atoms. The largest absolute Gasteiger partial charge is 0.480 e. The maximum absolute atomic E-state index is 14.0. The van der Waals surface area contributed by atoms with E-state index in [1.54, 1.807) is 18.2 Å². The molecule has 176 valence electrons. The van der Waals surface area contributed by atoms with Crippen LogP contribution in [0.1, 0.15) is 43.8 Å². The van der Waals surface area contributed by atoms with E-state index >= 15 is 0 Å². The minimum Gasteiger partial charge on any atom is -0.480 e. The Morgan fingerprint density at radius 3 is 2.58 bits per heavy atom. The number of thioether (sulfide) groups is 1. The summed E-state index contributed by atoms with van der Waals surface area (Å²) in [4.78, 5) is 12.6. The molecular weight excluding hydrogens is 507 g/mol. The Balaban J connectivity index is 1.72. The number of para-hydroxylation sites is 1. The molecular formula is C24H28BrFN4O2S. The molecule has 1 unspecified atom stereocenters. The Bertz CT molecular complexity index is 1140. The van der Waals surface area contributed by atoms with E-state index in [9.17, 15) is 9.18 Å². The number of hydrogen-bond acceptors (Lipinski definition) is 5. The molecule has 3 aromatic rings. The lowest BCUT2D eigenvalue weighted by molar-refractivity contribution is -0.113. The Morgan fingerprint density at radius 2 is 1.88 bits per heavy atom. The zero-order chi connectivity index (χ0) is 24.1. The number of anilines is 1. The van der Waals surface area contributed by atoms with E-state index in [0.29, 0.717) is 23.4 Å². The van der Waals surface area contributed by atoms with Gasteiger partial charge in [-0.1, -0.05) is 53.7 Å². The molecule has 0 saturated carbocycles. The summed E-state index contributed by atoms with van der Waals surface area (Å²) in [6.07, 6.45) is -0.510. The van der Waals surface area contributed by atoms with E-state index in [0.717, 1.165) is 21.3 Å². The molecule has 3 rings (SSSR count). The van der Waals surface area contributed by atoms with E-state index in [1.807, 2.05) is 37.5 Å². The Morgan fingerprint density at radius 1 is 1.15 bits per heavy atom. The smallest absolute Gasteiger partial charge is 0.234 e. The number of rotatable bonds is 9. The molecule has 0 spiro atoms. The first kappa shape index (κ1) is 25.2. The van der Waals surface area contributed by atoms with Crippen molar-refractivity contribution < 1.29 is 13.9 Å². The number of ether oxygens (including phenoxy) is 1. The number of benzene rings is 2. The third-order valence-corrected chi connectivity index (χ3v) is 6.95. The predicted molar refractivity (Wildman–Crippen MR) is 133 cm³/mol. The number of hydrogen-bond donors (Lipinski definition) is 1. The molecule has 0 aliphatic rings. The minimum absolute atomic E-state index is 0.124. The van der Waals surface area contributed by atoms with Crippen molar-refractivity contribution in [1.82, 2.24) is 14.8 Å². The number of aromatic nitrogens is 3. The molecule has 0 saturated heterocycles. The lowest BCUT2D eigenvalue weighted by Gasteiger charge is -2.18. The number of nitrogens with zero attached hydrogens (tertiary/aromatic N) is 3. The van der Waals surface area contributed by atoms with Gasteiger partial charge in [0.05, 0.1) is 5.75 Å². The van der Waals surface area contributed by atoms with Crippen molar-refractivity contribution in [3.8, 4) is 5.75 Å². The van der Waals surface area contributed by atoms with E-state index < -0.39 is 11.9 Å². The Kier molecular flexibility index (Phi) is 8.53. The summed E-state index contributed by atoms with van der Waals surface area (Å²) in [5, 5.41) is 12.2. The highest BCUT2D eigenvalue weighted by molar-refractivity contribution is 9.10. The monoisotopic (exact) mass is 534 g/mol. The summed E-state index contributed by atoms with van der Waals surface area (Å²) in [5.41, 5.74) is 2.90. The second kappa shape index (κ2) is 11.2. The van der Waals surface area contributed by atoms with Crippen LogP contribution in [0, 0.1) is 25.6 Å². The van der Waals surface area contributed by atoms with Gasteiger partial charge in [-0.05, 0) is 62.1 Å². The third kappa shape index (κ3) is 6.35. The van der Waals surface area contributed by atoms with Gasteiger partial charge in [0.15, 0.2) is 28.7 Å². The highest BCUT2D eigenvalue weighted by atomic mass is 79.9. The fourth-order valence-electron chi connectivity index (χ4n) is 3.27. The molecule has 9 heteroatoms. The van der Waals surface area contributed by atoms with Gasteiger partial charge in [0.25, 0.3) is 0 Å². The highest BCUT2D eigenvalue weighted by Crippen LogP contribution is 2.28. The molecule has 1 N–H and O–H groups in total. The SMILES string of the molecule is Cc1c(Br)ccc(NC(=O)CSc2nnc(C(C)Oc3ccccc3F)n2CC(C)C)c1C. The second-order valence-electron chi connectivity index (χ2n) is 8.22. The average Bonchev–Trinajstić information content (AvgIpc) is 3.16. The maximum Gasteiger partial charge on any atom is 0.234 e. The van der Waals surface area contributed by atoms with Crippen molar-refractivity contribution in [2.45, 2.75) is 52.4 Å². The van der Waals surface area contributed by atoms with Crippen LogP contribution in [0.3, 0.4) is 0 Å². The van der Waals surface area contributed by atoms with Crippen LogP contribution in [-0.2, 0) is 11.3 Å². The first-order valence-corrected chi connectivity index (χ1v) is 12.5. The minimum atomic E-state index is -0.510. The summed E-state index contributed by atoms with van der Waals surface area (Å²) in [6, 6.07) is 10.1. The zero-order valence-electron chi connectivity index (χ0n) is 19.4. The Hall–Kier alpha value is -2.39. The molecule has 0 aliphatic heterocycles. The number of amides is 1. The molecule has 33 heavy (non-hydrogen) atoms. The molecule has 1 aromatic heterocycles. The number of carbonyl (C=O) groups excluding carboxylic acids is 1. The van der Waals surface area contributed by atoms with E-state index in [2.05, 4.69) is 45.3 Å². The molecule has 0 radical (unpaired) electrons. The lowest BCUT2D eigenvalue weighted by atomic mass is 10.1. The van der Waals surface area contributed by atoms with Crippen LogP contribution in [0.25, 0.3) is 0 Å². The van der Waals surface area contributed by atoms with Gasteiger partial charge in [0, 0.05) is 16.7 Å². The molecule has 6 nitrogen and oxygen atoms in total. The fraction of sp³-hybridized carbons (Fsp3) is 0.375. The summed E-state index contributed by atoms with van der Waals surface area (Å²) in [6.45, 7) is 10.6. The van der Waals surface area contributed by atoms with Gasteiger partial charge in [0.2, 0.25) is 5.91 Å². The molecule has 1 amide bonds. The van der Waals surface area contributed by atoms with Crippen LogP contribution in [0.15, 0.2) is 46.0 Å². The van der Waals surface area contributed by atoms with Gasteiger partial charge in [-0.2, -0.15) is 0 Å². The van der Waals surface area contributed by atoms with Crippen molar-refractivity contribution in [3.63, 3.8) is 0 Å². The van der Waals surface area contributed by atoms with Crippen LogP contribution >= 0.6 is 27.7 Å². The standard InChI is InChI=1S/C24H28BrFN4O2S/c1-14(2)12-30-23(17(5)32-21-9-7-6-8-19(21)26)28-29-24(30)33-13-22(31)27-20-11-10-18(25)15(3)16(20)4/h6-11,14,17H,12-13H2,1-5H3,(H,27,31). The molecule has 1 atom stereocenters.